The van der Waals surface area contributed by atoms with Crippen molar-refractivity contribution in [2.75, 3.05) is 13.1 Å². The lowest BCUT2D eigenvalue weighted by Gasteiger charge is -2.17. The summed E-state index contributed by atoms with van der Waals surface area (Å²) in [6.07, 6.45) is 0.169. The van der Waals surface area contributed by atoms with Gasteiger partial charge in [-0.25, -0.2) is 4.98 Å². The van der Waals surface area contributed by atoms with Crippen molar-refractivity contribution in [2.24, 2.45) is 0 Å². The lowest BCUT2D eigenvalue weighted by molar-refractivity contribution is -0.137. The van der Waals surface area contributed by atoms with Crippen LogP contribution in [0.5, 0.6) is 0 Å². The van der Waals surface area contributed by atoms with Crippen molar-refractivity contribution >= 4 is 17.3 Å². The van der Waals surface area contributed by atoms with Gasteiger partial charge in [0.2, 0.25) is 0 Å². The average Bonchev–Trinajstić information content (AvgIpc) is 2.92. The number of aryl methyl sites for hydroxylation is 1. The summed E-state index contributed by atoms with van der Waals surface area (Å²) in [6.45, 7) is 6.19. The van der Waals surface area contributed by atoms with Crippen LogP contribution < -0.4 is 0 Å². The number of carbonyl (C=O) groups is 1. The summed E-state index contributed by atoms with van der Waals surface area (Å²) < 4.78 is 0. The Labute approximate surface area is 129 Å². The maximum atomic E-state index is 10.6. The van der Waals surface area contributed by atoms with Crippen molar-refractivity contribution in [3.8, 4) is 10.6 Å². The second kappa shape index (κ2) is 7.33. The highest BCUT2D eigenvalue weighted by molar-refractivity contribution is 7.13. The van der Waals surface area contributed by atoms with Gasteiger partial charge in [-0.1, -0.05) is 36.8 Å². The molecule has 112 valence electrons. The first-order valence-electron chi connectivity index (χ1n) is 7.04. The maximum Gasteiger partial charge on any atom is 0.304 e. The molecule has 1 aromatic heterocycles. The summed E-state index contributed by atoms with van der Waals surface area (Å²) in [4.78, 5) is 17.4. The third-order valence-corrected chi connectivity index (χ3v) is 4.27. The first-order valence-corrected chi connectivity index (χ1v) is 7.92. The summed E-state index contributed by atoms with van der Waals surface area (Å²) in [5, 5.41) is 11.8. The van der Waals surface area contributed by atoms with E-state index >= 15 is 0 Å². The molecule has 0 radical (unpaired) electrons. The van der Waals surface area contributed by atoms with Crippen molar-refractivity contribution in [1.29, 1.82) is 0 Å². The predicted octanol–water partition coefficient (Wildman–Crippen LogP) is 3.42. The van der Waals surface area contributed by atoms with Crippen molar-refractivity contribution in [1.82, 2.24) is 9.88 Å². The standard InChI is InChI=1S/C16H20N2O2S/c1-3-18(9-8-15(19)20)10-14-11-21-16(17-14)13-6-4-12(2)5-7-13/h4-7,11H,3,8-10H2,1-2H3,(H,19,20). The van der Waals surface area contributed by atoms with Crippen LogP contribution in [0.4, 0.5) is 0 Å². The molecule has 0 fully saturated rings. The van der Waals surface area contributed by atoms with Crippen LogP contribution >= 0.6 is 11.3 Å². The number of benzene rings is 1. The first kappa shape index (κ1) is 15.7. The van der Waals surface area contributed by atoms with E-state index in [4.69, 9.17) is 5.11 Å². The Morgan fingerprint density at radius 2 is 2.05 bits per heavy atom. The van der Waals surface area contributed by atoms with Crippen LogP contribution in [0.3, 0.4) is 0 Å². The van der Waals surface area contributed by atoms with Crippen molar-refractivity contribution in [3.63, 3.8) is 0 Å². The lowest BCUT2D eigenvalue weighted by Crippen LogP contribution is -2.25. The predicted molar refractivity (Wildman–Crippen MR) is 85.5 cm³/mol. The van der Waals surface area contributed by atoms with Crippen LogP contribution in [0, 0.1) is 6.92 Å². The number of thiazole rings is 1. The smallest absolute Gasteiger partial charge is 0.304 e. The molecule has 0 saturated heterocycles. The Morgan fingerprint density at radius 1 is 1.33 bits per heavy atom. The van der Waals surface area contributed by atoms with Crippen molar-refractivity contribution < 1.29 is 9.90 Å². The zero-order valence-corrected chi connectivity index (χ0v) is 13.2. The van der Waals surface area contributed by atoms with Gasteiger partial charge in [-0.3, -0.25) is 9.69 Å². The molecule has 1 N–H and O–H groups in total. The molecular formula is C16H20N2O2S. The zero-order valence-electron chi connectivity index (χ0n) is 12.4. The van der Waals surface area contributed by atoms with Crippen LogP contribution in [0.1, 0.15) is 24.6 Å². The molecule has 0 amide bonds. The van der Waals surface area contributed by atoms with Gasteiger partial charge in [0, 0.05) is 24.0 Å². The fraction of sp³-hybridized carbons (Fsp3) is 0.375. The van der Waals surface area contributed by atoms with E-state index in [1.807, 2.05) is 6.92 Å². The van der Waals surface area contributed by atoms with Gasteiger partial charge in [-0.05, 0) is 13.5 Å². The van der Waals surface area contributed by atoms with Gasteiger partial charge >= 0.3 is 5.97 Å². The molecule has 4 nitrogen and oxygen atoms in total. The highest BCUT2D eigenvalue weighted by atomic mass is 32.1. The summed E-state index contributed by atoms with van der Waals surface area (Å²) in [7, 11) is 0. The minimum absolute atomic E-state index is 0.169. The SMILES string of the molecule is CCN(CCC(=O)O)Cc1csc(-c2ccc(C)cc2)n1. The highest BCUT2D eigenvalue weighted by Crippen LogP contribution is 2.24. The van der Waals surface area contributed by atoms with Crippen LogP contribution in [0.25, 0.3) is 10.6 Å². The maximum absolute atomic E-state index is 10.6. The second-order valence-electron chi connectivity index (χ2n) is 5.02. The molecule has 0 bridgehead atoms. The van der Waals surface area contributed by atoms with Crippen molar-refractivity contribution in [2.45, 2.75) is 26.8 Å². The number of carboxylic acids is 1. The van der Waals surface area contributed by atoms with Crippen molar-refractivity contribution in [3.05, 3.63) is 40.9 Å². The molecule has 2 rings (SSSR count). The molecule has 0 aliphatic rings. The first-order chi connectivity index (χ1) is 10.1. The van der Waals surface area contributed by atoms with E-state index < -0.39 is 5.97 Å². The Kier molecular flexibility index (Phi) is 5.47. The van der Waals surface area contributed by atoms with Gasteiger partial charge in [0.1, 0.15) is 5.01 Å². The molecule has 0 spiro atoms. The number of nitrogens with zero attached hydrogens (tertiary/aromatic N) is 2. The number of hydrogen-bond donors (Lipinski definition) is 1. The van der Waals surface area contributed by atoms with Crippen LogP contribution in [0.15, 0.2) is 29.6 Å². The minimum atomic E-state index is -0.757. The third kappa shape index (κ3) is 4.65. The highest BCUT2D eigenvalue weighted by Gasteiger charge is 2.10. The summed E-state index contributed by atoms with van der Waals surface area (Å²) in [5.41, 5.74) is 3.37. The molecule has 1 aromatic carbocycles. The van der Waals surface area contributed by atoms with Crippen LogP contribution in [0.2, 0.25) is 0 Å². The minimum Gasteiger partial charge on any atom is -0.481 e. The molecule has 2 aromatic rings. The molecule has 5 heteroatoms. The summed E-state index contributed by atoms with van der Waals surface area (Å²) in [5.74, 6) is -0.757. The van der Waals surface area contributed by atoms with E-state index in [0.29, 0.717) is 13.1 Å². The van der Waals surface area contributed by atoms with E-state index in [2.05, 4.69) is 46.5 Å². The number of aliphatic carboxylic acids is 1. The molecule has 0 unspecified atom stereocenters. The largest absolute Gasteiger partial charge is 0.481 e. The second-order valence-corrected chi connectivity index (χ2v) is 5.88. The normalized spacial score (nSPS) is 11.0. The van der Waals surface area contributed by atoms with Crippen LogP contribution in [-0.2, 0) is 11.3 Å². The zero-order chi connectivity index (χ0) is 15.2. The average molecular weight is 304 g/mol. The fourth-order valence-corrected chi connectivity index (χ4v) is 2.86. The van der Waals surface area contributed by atoms with E-state index in [0.717, 1.165) is 22.8 Å². The molecule has 0 aliphatic carbocycles. The molecule has 0 aliphatic heterocycles. The number of carboxylic acid groups (broad SMARTS) is 1. The Hall–Kier alpha value is -1.72. The summed E-state index contributed by atoms with van der Waals surface area (Å²) >= 11 is 1.63. The monoisotopic (exact) mass is 304 g/mol. The summed E-state index contributed by atoms with van der Waals surface area (Å²) in [6, 6.07) is 8.34. The van der Waals surface area contributed by atoms with E-state index in [-0.39, 0.29) is 6.42 Å². The molecule has 0 atom stereocenters. The van der Waals surface area contributed by atoms with Gasteiger partial charge in [0.05, 0.1) is 12.1 Å². The topological polar surface area (TPSA) is 53.4 Å². The van der Waals surface area contributed by atoms with E-state index in [1.165, 1.54) is 5.56 Å². The number of rotatable bonds is 7. The molecular weight excluding hydrogens is 284 g/mol. The number of hydrogen-bond acceptors (Lipinski definition) is 4. The van der Waals surface area contributed by atoms with Gasteiger partial charge < -0.3 is 5.11 Å². The lowest BCUT2D eigenvalue weighted by atomic mass is 10.2. The quantitative estimate of drug-likeness (QED) is 0.851. The van der Waals surface area contributed by atoms with Gasteiger partial charge in [0.25, 0.3) is 0 Å². The number of aromatic nitrogens is 1. The third-order valence-electron chi connectivity index (χ3n) is 3.32. The fourth-order valence-electron chi connectivity index (χ4n) is 2.04. The Morgan fingerprint density at radius 3 is 2.67 bits per heavy atom. The van der Waals surface area contributed by atoms with Gasteiger partial charge in [-0.2, -0.15) is 0 Å². The van der Waals surface area contributed by atoms with Gasteiger partial charge in [-0.15, -0.1) is 11.3 Å². The van der Waals surface area contributed by atoms with E-state index in [9.17, 15) is 4.79 Å². The van der Waals surface area contributed by atoms with Crippen LogP contribution in [-0.4, -0.2) is 34.0 Å². The molecule has 1 heterocycles. The Balaban J connectivity index is 2.01. The molecule has 0 saturated carbocycles. The van der Waals surface area contributed by atoms with Gasteiger partial charge in [0.15, 0.2) is 0 Å². The Bertz CT molecular complexity index is 593. The molecule has 21 heavy (non-hydrogen) atoms. The van der Waals surface area contributed by atoms with E-state index in [1.54, 1.807) is 11.3 Å².